The molecule has 1 aromatic carbocycles. The van der Waals surface area contributed by atoms with E-state index in [-0.39, 0.29) is 5.41 Å². The van der Waals surface area contributed by atoms with Crippen LogP contribution in [-0.4, -0.2) is 12.6 Å². The Labute approximate surface area is 125 Å². The zero-order valence-electron chi connectivity index (χ0n) is 13.9. The van der Waals surface area contributed by atoms with Gasteiger partial charge in [-0.05, 0) is 61.1 Å². The third-order valence-electron chi connectivity index (χ3n) is 4.59. The van der Waals surface area contributed by atoms with Crippen LogP contribution in [0.5, 0.6) is 0 Å². The van der Waals surface area contributed by atoms with Crippen molar-refractivity contribution in [1.82, 2.24) is 5.32 Å². The van der Waals surface area contributed by atoms with Crippen molar-refractivity contribution in [3.05, 3.63) is 35.4 Å². The fourth-order valence-electron chi connectivity index (χ4n) is 3.17. The maximum Gasteiger partial charge on any atom is 0.00792 e. The molecular formula is C19H31N. The average molecular weight is 273 g/mol. The molecule has 1 aromatic rings. The van der Waals surface area contributed by atoms with Gasteiger partial charge in [0.1, 0.15) is 0 Å². The minimum absolute atomic E-state index is 0.253. The van der Waals surface area contributed by atoms with Gasteiger partial charge < -0.3 is 5.32 Å². The highest BCUT2D eigenvalue weighted by Crippen LogP contribution is 2.32. The molecule has 1 aliphatic carbocycles. The van der Waals surface area contributed by atoms with Crippen molar-refractivity contribution in [1.29, 1.82) is 0 Å². The van der Waals surface area contributed by atoms with Crippen molar-refractivity contribution in [2.24, 2.45) is 11.8 Å². The molecule has 1 N–H and O–H groups in total. The molecule has 0 radical (unpaired) electrons. The Hall–Kier alpha value is -0.820. The zero-order valence-corrected chi connectivity index (χ0v) is 13.9. The molecule has 20 heavy (non-hydrogen) atoms. The first-order valence-corrected chi connectivity index (χ1v) is 8.17. The third-order valence-corrected chi connectivity index (χ3v) is 4.59. The second-order valence-corrected chi connectivity index (χ2v) is 7.90. The molecule has 2 rings (SSSR count). The highest BCUT2D eigenvalue weighted by Gasteiger charge is 2.25. The number of benzene rings is 1. The third kappa shape index (κ3) is 4.34. The van der Waals surface area contributed by atoms with E-state index in [0.29, 0.717) is 6.04 Å². The van der Waals surface area contributed by atoms with Crippen LogP contribution in [0, 0.1) is 11.8 Å². The summed E-state index contributed by atoms with van der Waals surface area (Å²) < 4.78 is 0. The number of hydrogen-bond donors (Lipinski definition) is 1. The van der Waals surface area contributed by atoms with Crippen LogP contribution in [0.4, 0.5) is 0 Å². The normalized spacial score (nSPS) is 24.2. The molecule has 1 heteroatoms. The Morgan fingerprint density at radius 1 is 1.15 bits per heavy atom. The molecule has 1 aliphatic rings. The maximum absolute atomic E-state index is 3.70. The Morgan fingerprint density at radius 2 is 1.75 bits per heavy atom. The Bertz CT molecular complexity index is 406. The van der Waals surface area contributed by atoms with Gasteiger partial charge in [0, 0.05) is 6.04 Å². The summed E-state index contributed by atoms with van der Waals surface area (Å²) in [7, 11) is 0. The standard InChI is InChI=1S/C19H31N/c1-14-10-17(11-14)13-20-15(2)12-16-6-8-18(9-7-16)19(3,4)5/h6-9,14-15,17,20H,10-13H2,1-5H3/t14-,15?,17-. The Kier molecular flexibility index (Phi) is 4.90. The average Bonchev–Trinajstić information content (AvgIpc) is 2.33. The van der Waals surface area contributed by atoms with Crippen LogP contribution in [0.2, 0.25) is 0 Å². The molecule has 0 aromatic heterocycles. The lowest BCUT2D eigenvalue weighted by atomic mass is 9.76. The maximum atomic E-state index is 3.70. The molecule has 0 aliphatic heterocycles. The van der Waals surface area contributed by atoms with E-state index in [4.69, 9.17) is 0 Å². The summed E-state index contributed by atoms with van der Waals surface area (Å²) >= 11 is 0. The van der Waals surface area contributed by atoms with Gasteiger partial charge in [0.25, 0.3) is 0 Å². The minimum Gasteiger partial charge on any atom is -0.314 e. The summed E-state index contributed by atoms with van der Waals surface area (Å²) in [6.07, 6.45) is 3.96. The van der Waals surface area contributed by atoms with E-state index in [1.807, 2.05) is 0 Å². The van der Waals surface area contributed by atoms with E-state index in [0.717, 1.165) is 18.3 Å². The fraction of sp³-hybridized carbons (Fsp3) is 0.684. The highest BCUT2D eigenvalue weighted by molar-refractivity contribution is 5.27. The molecule has 112 valence electrons. The lowest BCUT2D eigenvalue weighted by molar-refractivity contribution is 0.201. The van der Waals surface area contributed by atoms with Gasteiger partial charge in [-0.15, -0.1) is 0 Å². The molecular weight excluding hydrogens is 242 g/mol. The Morgan fingerprint density at radius 3 is 2.25 bits per heavy atom. The van der Waals surface area contributed by atoms with Crippen molar-refractivity contribution in [3.63, 3.8) is 0 Å². The van der Waals surface area contributed by atoms with E-state index in [9.17, 15) is 0 Å². The molecule has 1 atom stereocenters. The first kappa shape index (κ1) is 15.6. The van der Waals surface area contributed by atoms with Crippen molar-refractivity contribution >= 4 is 0 Å². The molecule has 0 heterocycles. The van der Waals surface area contributed by atoms with Crippen molar-refractivity contribution in [2.75, 3.05) is 6.54 Å². The van der Waals surface area contributed by atoms with E-state index in [1.165, 1.54) is 30.5 Å². The van der Waals surface area contributed by atoms with Crippen molar-refractivity contribution < 1.29 is 0 Å². The highest BCUT2D eigenvalue weighted by atomic mass is 14.9. The molecule has 0 spiro atoms. The quantitative estimate of drug-likeness (QED) is 0.830. The molecule has 1 fully saturated rings. The lowest BCUT2D eigenvalue weighted by Gasteiger charge is -2.33. The summed E-state index contributed by atoms with van der Waals surface area (Å²) in [6.45, 7) is 12.7. The van der Waals surface area contributed by atoms with Crippen LogP contribution in [0.25, 0.3) is 0 Å². The predicted molar refractivity (Wildman–Crippen MR) is 88.2 cm³/mol. The molecule has 0 amide bonds. The van der Waals surface area contributed by atoms with Gasteiger partial charge in [0.15, 0.2) is 0 Å². The van der Waals surface area contributed by atoms with Crippen LogP contribution in [-0.2, 0) is 11.8 Å². The second kappa shape index (κ2) is 6.30. The van der Waals surface area contributed by atoms with Crippen LogP contribution in [0.15, 0.2) is 24.3 Å². The topological polar surface area (TPSA) is 12.0 Å². The minimum atomic E-state index is 0.253. The van der Waals surface area contributed by atoms with E-state index >= 15 is 0 Å². The van der Waals surface area contributed by atoms with Crippen molar-refractivity contribution in [2.45, 2.75) is 65.3 Å². The van der Waals surface area contributed by atoms with E-state index < -0.39 is 0 Å². The van der Waals surface area contributed by atoms with Gasteiger partial charge in [-0.1, -0.05) is 52.0 Å². The van der Waals surface area contributed by atoms with Gasteiger partial charge in [-0.25, -0.2) is 0 Å². The van der Waals surface area contributed by atoms with Crippen LogP contribution >= 0.6 is 0 Å². The largest absolute Gasteiger partial charge is 0.314 e. The van der Waals surface area contributed by atoms with Gasteiger partial charge >= 0.3 is 0 Å². The van der Waals surface area contributed by atoms with Crippen LogP contribution in [0.1, 0.15) is 58.6 Å². The number of nitrogens with one attached hydrogen (secondary N) is 1. The van der Waals surface area contributed by atoms with E-state index in [2.05, 4.69) is 64.2 Å². The summed E-state index contributed by atoms with van der Waals surface area (Å²) in [6, 6.07) is 9.74. The van der Waals surface area contributed by atoms with Gasteiger partial charge in [-0.2, -0.15) is 0 Å². The van der Waals surface area contributed by atoms with Crippen LogP contribution < -0.4 is 5.32 Å². The summed E-state index contributed by atoms with van der Waals surface area (Å²) in [5, 5.41) is 3.70. The van der Waals surface area contributed by atoms with Crippen LogP contribution in [0.3, 0.4) is 0 Å². The molecule has 0 bridgehead atoms. The smallest absolute Gasteiger partial charge is 0.00792 e. The Balaban J connectivity index is 1.77. The lowest BCUT2D eigenvalue weighted by Crippen LogP contribution is -2.37. The number of hydrogen-bond acceptors (Lipinski definition) is 1. The fourth-order valence-corrected chi connectivity index (χ4v) is 3.17. The SMILES string of the molecule is CC(Cc1ccc(C(C)(C)C)cc1)NC[C@H]1C[C@H](C)C1. The van der Waals surface area contributed by atoms with Gasteiger partial charge in [0.2, 0.25) is 0 Å². The first-order valence-electron chi connectivity index (χ1n) is 8.17. The predicted octanol–water partition coefficient (Wildman–Crippen LogP) is 4.55. The molecule has 1 saturated carbocycles. The molecule has 1 nitrogen and oxygen atoms in total. The van der Waals surface area contributed by atoms with Gasteiger partial charge in [0.05, 0.1) is 0 Å². The van der Waals surface area contributed by atoms with E-state index in [1.54, 1.807) is 0 Å². The zero-order chi connectivity index (χ0) is 14.8. The summed E-state index contributed by atoms with van der Waals surface area (Å²) in [5.74, 6) is 1.89. The number of rotatable bonds is 5. The summed E-state index contributed by atoms with van der Waals surface area (Å²) in [5.41, 5.74) is 3.12. The van der Waals surface area contributed by atoms with Gasteiger partial charge in [-0.3, -0.25) is 0 Å². The molecule has 0 saturated heterocycles. The molecule has 1 unspecified atom stereocenters. The summed E-state index contributed by atoms with van der Waals surface area (Å²) in [4.78, 5) is 0. The second-order valence-electron chi connectivity index (χ2n) is 7.90. The first-order chi connectivity index (χ1) is 9.34. The van der Waals surface area contributed by atoms with Crippen molar-refractivity contribution in [3.8, 4) is 0 Å². The monoisotopic (exact) mass is 273 g/mol.